The average Bonchev–Trinajstić information content (AvgIpc) is 3.39. The molecule has 0 aliphatic carbocycles. The van der Waals surface area contributed by atoms with Crippen molar-refractivity contribution in [3.05, 3.63) is 72.2 Å². The second-order valence-electron chi connectivity index (χ2n) is 10.4. The minimum Gasteiger partial charge on any atom is -0.440 e. The van der Waals surface area contributed by atoms with E-state index in [1.54, 1.807) is 24.4 Å². The van der Waals surface area contributed by atoms with Gasteiger partial charge in [0.15, 0.2) is 0 Å². The van der Waals surface area contributed by atoms with Gasteiger partial charge < -0.3 is 34.9 Å². The number of carbonyl (C=O) groups excluding carboxylic acids is 2. The molecule has 0 bridgehead atoms. The Hall–Kier alpha value is -4.78. The maximum Gasteiger partial charge on any atom is 0.328 e. The lowest BCUT2D eigenvalue weighted by Gasteiger charge is -2.37. The fourth-order valence-corrected chi connectivity index (χ4v) is 4.96. The van der Waals surface area contributed by atoms with E-state index in [-0.39, 0.29) is 31.1 Å². The number of carbonyl (C=O) groups is 2. The lowest BCUT2D eigenvalue weighted by molar-refractivity contribution is -0.150. The number of imidazole rings is 1. The van der Waals surface area contributed by atoms with Gasteiger partial charge in [-0.25, -0.2) is 14.4 Å². The molecule has 1 saturated heterocycles. The number of para-hydroxylation sites is 2. The van der Waals surface area contributed by atoms with Gasteiger partial charge in [-0.3, -0.25) is 9.59 Å². The van der Waals surface area contributed by atoms with Gasteiger partial charge in [0.05, 0.1) is 23.6 Å². The number of fused-ring (bicyclic) bond motifs is 1. The number of halogens is 1. The van der Waals surface area contributed by atoms with Crippen LogP contribution in [0, 0.1) is 5.82 Å². The summed E-state index contributed by atoms with van der Waals surface area (Å²) in [5, 5.41) is 2.38. The zero-order valence-electron chi connectivity index (χ0n) is 24.1. The average molecular weight is 591 g/mol. The van der Waals surface area contributed by atoms with Gasteiger partial charge in [-0.1, -0.05) is 24.3 Å². The van der Waals surface area contributed by atoms with E-state index in [1.807, 2.05) is 30.1 Å². The quantitative estimate of drug-likeness (QED) is 0.198. The Kier molecular flexibility index (Phi) is 9.30. The number of esters is 1. The van der Waals surface area contributed by atoms with Gasteiger partial charge in [-0.05, 0) is 49.6 Å². The van der Waals surface area contributed by atoms with Gasteiger partial charge in [0, 0.05) is 38.4 Å². The molecular formula is C30H35FN8O4. The molecule has 0 radical (unpaired) electrons. The molecule has 12 nitrogen and oxygen atoms in total. The van der Waals surface area contributed by atoms with Crippen LogP contribution in [-0.2, 0) is 20.9 Å². The Balaban J connectivity index is 1.18. The molecule has 4 aromatic rings. The molecule has 1 aliphatic rings. The lowest BCUT2D eigenvalue weighted by Crippen LogP contribution is -2.44. The molecule has 226 valence electrons. The highest BCUT2D eigenvalue weighted by Crippen LogP contribution is 2.28. The summed E-state index contributed by atoms with van der Waals surface area (Å²) in [5.74, 6) is 0.292. The van der Waals surface area contributed by atoms with Crippen LogP contribution in [0.15, 0.2) is 60.8 Å². The van der Waals surface area contributed by atoms with Crippen LogP contribution in [0.25, 0.3) is 11.0 Å². The first-order valence-electron chi connectivity index (χ1n) is 14.1. The summed E-state index contributed by atoms with van der Waals surface area (Å²) in [7, 11) is 1.95. The van der Waals surface area contributed by atoms with Gasteiger partial charge in [0.25, 0.3) is 0 Å². The van der Waals surface area contributed by atoms with Crippen LogP contribution in [0.5, 0.6) is 5.88 Å². The second kappa shape index (κ2) is 13.5. The summed E-state index contributed by atoms with van der Waals surface area (Å²) >= 11 is 0. The molecule has 2 aromatic carbocycles. The van der Waals surface area contributed by atoms with Crippen molar-refractivity contribution >= 4 is 34.8 Å². The normalized spacial score (nSPS) is 14.4. The van der Waals surface area contributed by atoms with Crippen LogP contribution in [0.4, 0.5) is 16.3 Å². The first-order valence-corrected chi connectivity index (χ1v) is 14.1. The highest BCUT2D eigenvalue weighted by atomic mass is 19.1. The van der Waals surface area contributed by atoms with Crippen LogP contribution in [0.1, 0.15) is 25.3 Å². The molecule has 43 heavy (non-hydrogen) atoms. The fraction of sp³-hybridized carbons (Fsp3) is 0.367. The van der Waals surface area contributed by atoms with E-state index >= 15 is 0 Å². The van der Waals surface area contributed by atoms with Crippen LogP contribution in [0.3, 0.4) is 0 Å². The molecule has 13 heteroatoms. The zero-order valence-corrected chi connectivity index (χ0v) is 24.1. The predicted molar refractivity (Wildman–Crippen MR) is 159 cm³/mol. The SMILES string of the molecule is CC(N)C(=O)NCC(=O)OCOc1ccnc(N(C)C2CCN(c3nc4ccccc4n3Cc3ccc(F)cc3)CC2)n1. The number of nitrogens with two attached hydrogens (primary N) is 1. The van der Waals surface area contributed by atoms with E-state index in [0.717, 1.165) is 48.5 Å². The number of nitrogens with one attached hydrogen (secondary N) is 1. The van der Waals surface area contributed by atoms with Crippen LogP contribution in [-0.4, -0.2) is 77.0 Å². The number of aromatic nitrogens is 4. The van der Waals surface area contributed by atoms with E-state index in [1.165, 1.54) is 19.1 Å². The summed E-state index contributed by atoms with van der Waals surface area (Å²) in [4.78, 5) is 41.5. The number of rotatable bonds is 11. The van der Waals surface area contributed by atoms with E-state index in [9.17, 15) is 14.0 Å². The Morgan fingerprint density at radius 2 is 1.86 bits per heavy atom. The van der Waals surface area contributed by atoms with Crippen molar-refractivity contribution in [2.75, 3.05) is 43.3 Å². The smallest absolute Gasteiger partial charge is 0.328 e. The summed E-state index contributed by atoms with van der Waals surface area (Å²) in [5.41, 5.74) is 8.41. The van der Waals surface area contributed by atoms with Crippen LogP contribution >= 0.6 is 0 Å². The van der Waals surface area contributed by atoms with E-state index in [0.29, 0.717) is 12.5 Å². The largest absolute Gasteiger partial charge is 0.440 e. The molecule has 3 heterocycles. The van der Waals surface area contributed by atoms with Crippen molar-refractivity contribution in [2.24, 2.45) is 5.73 Å². The third-order valence-corrected chi connectivity index (χ3v) is 7.36. The van der Waals surface area contributed by atoms with Crippen molar-refractivity contribution in [1.82, 2.24) is 24.8 Å². The van der Waals surface area contributed by atoms with Crippen molar-refractivity contribution in [1.29, 1.82) is 0 Å². The molecule has 1 amide bonds. The number of hydrogen-bond donors (Lipinski definition) is 2. The fourth-order valence-electron chi connectivity index (χ4n) is 4.96. The molecule has 5 rings (SSSR count). The van der Waals surface area contributed by atoms with Crippen molar-refractivity contribution in [2.45, 2.75) is 38.4 Å². The molecule has 1 atom stereocenters. The number of ether oxygens (including phenoxy) is 2. The summed E-state index contributed by atoms with van der Waals surface area (Å²) in [6.45, 7) is 3.02. The number of hydrogen-bond acceptors (Lipinski definition) is 10. The highest BCUT2D eigenvalue weighted by molar-refractivity contribution is 5.85. The van der Waals surface area contributed by atoms with Gasteiger partial charge in [-0.15, -0.1) is 0 Å². The summed E-state index contributed by atoms with van der Waals surface area (Å²) < 4.78 is 26.2. The van der Waals surface area contributed by atoms with E-state index < -0.39 is 17.9 Å². The van der Waals surface area contributed by atoms with Crippen molar-refractivity contribution in [3.8, 4) is 5.88 Å². The molecular weight excluding hydrogens is 555 g/mol. The van der Waals surface area contributed by atoms with E-state index in [4.69, 9.17) is 20.2 Å². The Morgan fingerprint density at radius 1 is 1.12 bits per heavy atom. The van der Waals surface area contributed by atoms with Gasteiger partial charge in [0.2, 0.25) is 30.5 Å². The summed E-state index contributed by atoms with van der Waals surface area (Å²) in [6, 6.07) is 15.7. The number of nitrogens with zero attached hydrogens (tertiary/aromatic N) is 6. The highest BCUT2D eigenvalue weighted by Gasteiger charge is 2.27. The summed E-state index contributed by atoms with van der Waals surface area (Å²) in [6.07, 6.45) is 3.30. The molecule has 1 fully saturated rings. The first kappa shape index (κ1) is 29.7. The molecule has 0 spiro atoms. The standard InChI is InChI=1S/C30H35FN8O4/c1-20(32)28(41)34-17-27(40)43-19-42-26-11-14-33-29(36-26)37(2)23-12-15-38(16-13-23)30-35-24-5-3-4-6-25(24)39(30)18-21-7-9-22(31)10-8-21/h3-11,14,20,23H,12-13,15-19,32H2,1-2H3,(H,34,41). The van der Waals surface area contributed by atoms with Crippen LogP contribution < -0.4 is 25.6 Å². The molecule has 1 unspecified atom stereocenters. The minimum absolute atomic E-state index is 0.188. The number of benzene rings is 2. The number of amides is 1. The van der Waals surface area contributed by atoms with Gasteiger partial charge in [0.1, 0.15) is 12.4 Å². The Labute approximate surface area is 248 Å². The van der Waals surface area contributed by atoms with Gasteiger partial charge >= 0.3 is 5.97 Å². The number of anilines is 2. The first-order chi connectivity index (χ1) is 20.8. The maximum absolute atomic E-state index is 13.5. The Morgan fingerprint density at radius 3 is 2.60 bits per heavy atom. The van der Waals surface area contributed by atoms with Crippen LogP contribution in [0.2, 0.25) is 0 Å². The third-order valence-electron chi connectivity index (χ3n) is 7.36. The second-order valence-corrected chi connectivity index (χ2v) is 10.4. The predicted octanol–water partition coefficient (Wildman–Crippen LogP) is 2.46. The maximum atomic E-state index is 13.5. The zero-order chi connectivity index (χ0) is 30.3. The topological polar surface area (TPSA) is 141 Å². The molecule has 3 N–H and O–H groups in total. The Bertz CT molecular complexity index is 1550. The van der Waals surface area contributed by atoms with Crippen molar-refractivity contribution < 1.29 is 23.5 Å². The molecule has 0 saturated carbocycles. The van der Waals surface area contributed by atoms with Crippen molar-refractivity contribution in [3.63, 3.8) is 0 Å². The van der Waals surface area contributed by atoms with E-state index in [2.05, 4.69) is 30.8 Å². The molecule has 1 aliphatic heterocycles. The minimum atomic E-state index is -0.719. The third kappa shape index (κ3) is 7.36. The molecule has 2 aromatic heterocycles. The van der Waals surface area contributed by atoms with Gasteiger partial charge in [-0.2, -0.15) is 4.98 Å². The lowest BCUT2D eigenvalue weighted by atomic mass is 10.0. The monoisotopic (exact) mass is 590 g/mol. The number of piperidine rings is 1.